The second-order valence-corrected chi connectivity index (χ2v) is 9.87. The van der Waals surface area contributed by atoms with Crippen molar-refractivity contribution in [1.82, 2.24) is 29.3 Å². The Kier molecular flexibility index (Phi) is 7.76. The van der Waals surface area contributed by atoms with Crippen LogP contribution in [0.2, 0.25) is 0 Å². The molecule has 1 fully saturated rings. The largest absolute Gasteiger partial charge is 0.477 e. The van der Waals surface area contributed by atoms with Gasteiger partial charge in [-0.05, 0) is 32.9 Å². The molecule has 0 saturated carbocycles. The number of nitrogens with one attached hydrogen (secondary N) is 1. The van der Waals surface area contributed by atoms with Gasteiger partial charge in [0.25, 0.3) is 5.56 Å². The Labute approximate surface area is 219 Å². The van der Waals surface area contributed by atoms with Gasteiger partial charge in [0.05, 0.1) is 11.9 Å². The predicted molar refractivity (Wildman–Crippen MR) is 139 cm³/mol. The van der Waals surface area contributed by atoms with E-state index in [1.807, 2.05) is 20.8 Å². The van der Waals surface area contributed by atoms with Crippen molar-refractivity contribution in [3.63, 3.8) is 0 Å². The molecule has 1 saturated heterocycles. The molecule has 13 nitrogen and oxygen atoms in total. The number of hydrogen-bond acceptors (Lipinski definition) is 10. The summed E-state index contributed by atoms with van der Waals surface area (Å²) in [6, 6.07) is 4.75. The highest BCUT2D eigenvalue weighted by atomic mass is 16.6. The number of carboxylic acid groups (broad SMARTS) is 1. The first kappa shape index (κ1) is 26.8. The van der Waals surface area contributed by atoms with Crippen LogP contribution < -0.4 is 15.6 Å². The molecular weight excluding hydrogens is 494 g/mol. The van der Waals surface area contributed by atoms with Gasteiger partial charge in [-0.15, -0.1) is 0 Å². The number of anilines is 2. The van der Waals surface area contributed by atoms with E-state index in [1.165, 1.54) is 23.9 Å². The highest BCUT2D eigenvalue weighted by Crippen LogP contribution is 2.18. The van der Waals surface area contributed by atoms with E-state index in [2.05, 4.69) is 25.2 Å². The first-order chi connectivity index (χ1) is 18.0. The Hall–Kier alpha value is -4.26. The molecule has 2 N–H and O–H groups in total. The topological polar surface area (TPSA) is 152 Å². The summed E-state index contributed by atoms with van der Waals surface area (Å²) in [5, 5.41) is 12.7. The predicted octanol–water partition coefficient (Wildman–Crippen LogP) is 2.10. The standard InChI is InChI=1S/C25H31N7O6/c1-25(2,3)38-24(36)32-9-7-31(8-10-32)11-12-37-19-6-5-17(15-26-19)28-23-27-14-16-13-18(22(34)35)21(33)30(4)20(16)29-23/h5-6,13-15H,7-12H2,1-4H3,(H,34,35)(H,27,28,29). The molecule has 0 atom stereocenters. The number of piperazine rings is 1. The highest BCUT2D eigenvalue weighted by Gasteiger charge is 2.25. The second-order valence-electron chi connectivity index (χ2n) is 9.87. The molecular formula is C25H31N7O6. The van der Waals surface area contributed by atoms with E-state index in [9.17, 15) is 19.5 Å². The van der Waals surface area contributed by atoms with Gasteiger partial charge in [-0.2, -0.15) is 4.98 Å². The van der Waals surface area contributed by atoms with Gasteiger partial charge in [0.15, 0.2) is 0 Å². The Morgan fingerprint density at radius 2 is 1.84 bits per heavy atom. The molecule has 38 heavy (non-hydrogen) atoms. The summed E-state index contributed by atoms with van der Waals surface area (Å²) in [6.45, 7) is 9.44. The fourth-order valence-electron chi connectivity index (χ4n) is 3.89. The third-order valence-corrected chi connectivity index (χ3v) is 5.85. The molecule has 1 aliphatic rings. The van der Waals surface area contributed by atoms with Crippen molar-refractivity contribution < 1.29 is 24.2 Å². The van der Waals surface area contributed by atoms with Crippen LogP contribution >= 0.6 is 0 Å². The average Bonchev–Trinajstić information content (AvgIpc) is 2.86. The van der Waals surface area contributed by atoms with Crippen molar-refractivity contribution in [3.8, 4) is 5.88 Å². The zero-order valence-corrected chi connectivity index (χ0v) is 21.8. The molecule has 3 aromatic rings. The molecule has 4 rings (SSSR count). The van der Waals surface area contributed by atoms with Gasteiger partial charge >= 0.3 is 12.1 Å². The zero-order valence-electron chi connectivity index (χ0n) is 21.8. The molecule has 3 aromatic heterocycles. The summed E-state index contributed by atoms with van der Waals surface area (Å²) in [6.07, 6.45) is 2.75. The molecule has 13 heteroatoms. The average molecular weight is 526 g/mol. The van der Waals surface area contributed by atoms with E-state index in [0.717, 1.165) is 13.1 Å². The number of rotatable bonds is 7. The highest BCUT2D eigenvalue weighted by molar-refractivity contribution is 5.91. The number of aryl methyl sites for hydroxylation is 1. The maximum absolute atomic E-state index is 12.3. The fraction of sp³-hybridized carbons (Fsp3) is 0.440. The van der Waals surface area contributed by atoms with Crippen LogP contribution in [0.15, 0.2) is 35.4 Å². The Bertz CT molecular complexity index is 1380. The molecule has 0 spiro atoms. The number of carbonyl (C=O) groups excluding carboxylic acids is 1. The van der Waals surface area contributed by atoms with Gasteiger partial charge in [-0.1, -0.05) is 0 Å². The van der Waals surface area contributed by atoms with Crippen LogP contribution in [0.5, 0.6) is 5.88 Å². The Morgan fingerprint density at radius 1 is 1.11 bits per heavy atom. The van der Waals surface area contributed by atoms with Gasteiger partial charge in [0.1, 0.15) is 23.4 Å². The van der Waals surface area contributed by atoms with E-state index in [1.54, 1.807) is 23.2 Å². The lowest BCUT2D eigenvalue weighted by Gasteiger charge is -2.35. The van der Waals surface area contributed by atoms with Crippen molar-refractivity contribution in [2.24, 2.45) is 7.05 Å². The third-order valence-electron chi connectivity index (χ3n) is 5.85. The van der Waals surface area contributed by atoms with Gasteiger partial charge in [0, 0.05) is 57.4 Å². The van der Waals surface area contributed by atoms with Crippen LogP contribution in [-0.2, 0) is 11.8 Å². The van der Waals surface area contributed by atoms with Crippen LogP contribution in [0, 0.1) is 0 Å². The number of amides is 1. The van der Waals surface area contributed by atoms with Crippen molar-refractivity contribution >= 4 is 34.7 Å². The number of carboxylic acids is 1. The lowest BCUT2D eigenvalue weighted by molar-refractivity contribution is 0.0136. The van der Waals surface area contributed by atoms with Gasteiger partial charge in [-0.25, -0.2) is 19.6 Å². The summed E-state index contributed by atoms with van der Waals surface area (Å²) >= 11 is 0. The van der Waals surface area contributed by atoms with E-state index >= 15 is 0 Å². The number of carbonyl (C=O) groups is 2. The SMILES string of the molecule is Cn1c(=O)c(C(=O)O)cc2cnc(Nc3ccc(OCCN4CCN(C(=O)OC(C)(C)C)CC4)nc3)nc21. The van der Waals surface area contributed by atoms with E-state index in [4.69, 9.17) is 9.47 Å². The summed E-state index contributed by atoms with van der Waals surface area (Å²) in [5.74, 6) is -0.605. The Morgan fingerprint density at radius 3 is 2.47 bits per heavy atom. The maximum Gasteiger partial charge on any atom is 0.410 e. The first-order valence-corrected chi connectivity index (χ1v) is 12.2. The monoisotopic (exact) mass is 525 g/mol. The number of ether oxygens (including phenoxy) is 2. The number of hydrogen-bond donors (Lipinski definition) is 2. The molecule has 0 aromatic carbocycles. The van der Waals surface area contributed by atoms with Gasteiger partial charge in [-0.3, -0.25) is 14.3 Å². The smallest absolute Gasteiger partial charge is 0.410 e. The van der Waals surface area contributed by atoms with Crippen molar-refractivity contribution in [2.45, 2.75) is 26.4 Å². The summed E-state index contributed by atoms with van der Waals surface area (Å²) < 4.78 is 12.4. The van der Waals surface area contributed by atoms with Crippen molar-refractivity contribution in [3.05, 3.63) is 46.5 Å². The van der Waals surface area contributed by atoms with Crippen LogP contribution in [0.4, 0.5) is 16.4 Å². The Balaban J connectivity index is 1.27. The van der Waals surface area contributed by atoms with Crippen LogP contribution in [0.3, 0.4) is 0 Å². The second kappa shape index (κ2) is 11.0. The fourth-order valence-corrected chi connectivity index (χ4v) is 3.89. The van der Waals surface area contributed by atoms with Crippen molar-refractivity contribution in [2.75, 3.05) is 44.6 Å². The molecule has 0 radical (unpaired) electrons. The van der Waals surface area contributed by atoms with Gasteiger partial charge in [0.2, 0.25) is 11.8 Å². The van der Waals surface area contributed by atoms with Crippen LogP contribution in [-0.4, -0.2) is 91.4 Å². The summed E-state index contributed by atoms with van der Waals surface area (Å²) in [4.78, 5) is 52.5. The first-order valence-electron chi connectivity index (χ1n) is 12.2. The molecule has 0 bridgehead atoms. The number of aromatic nitrogens is 4. The van der Waals surface area contributed by atoms with Crippen LogP contribution in [0.1, 0.15) is 31.1 Å². The molecule has 202 valence electrons. The number of pyridine rings is 2. The summed E-state index contributed by atoms with van der Waals surface area (Å²) in [5.41, 5.74) is -0.578. The van der Waals surface area contributed by atoms with E-state index in [0.29, 0.717) is 48.8 Å². The maximum atomic E-state index is 12.3. The normalized spacial score (nSPS) is 14.4. The molecule has 1 aliphatic heterocycles. The number of aromatic carboxylic acids is 1. The lowest BCUT2D eigenvalue weighted by Crippen LogP contribution is -2.50. The van der Waals surface area contributed by atoms with Crippen LogP contribution in [0.25, 0.3) is 11.0 Å². The number of nitrogens with zero attached hydrogens (tertiary/aromatic N) is 6. The molecule has 0 aliphatic carbocycles. The quantitative estimate of drug-likeness (QED) is 0.466. The zero-order chi connectivity index (χ0) is 27.4. The third kappa shape index (κ3) is 6.54. The molecule has 0 unspecified atom stereocenters. The van der Waals surface area contributed by atoms with Gasteiger partial charge < -0.3 is 24.8 Å². The van der Waals surface area contributed by atoms with E-state index < -0.39 is 17.1 Å². The minimum Gasteiger partial charge on any atom is -0.477 e. The molecule has 1 amide bonds. The minimum absolute atomic E-state index is 0.233. The van der Waals surface area contributed by atoms with Crippen molar-refractivity contribution in [1.29, 1.82) is 0 Å². The number of fused-ring (bicyclic) bond motifs is 1. The van der Waals surface area contributed by atoms with E-state index in [-0.39, 0.29) is 17.6 Å². The molecule has 4 heterocycles. The summed E-state index contributed by atoms with van der Waals surface area (Å²) in [7, 11) is 1.46. The minimum atomic E-state index is -1.30. The lowest BCUT2D eigenvalue weighted by atomic mass is 10.2.